The average molecular weight is 282 g/mol. The van der Waals surface area contributed by atoms with Crippen LogP contribution in [0, 0.1) is 6.92 Å². The molecule has 0 spiro atoms. The highest BCUT2D eigenvalue weighted by Gasteiger charge is 2.28. The molecule has 21 heavy (non-hydrogen) atoms. The molecule has 1 aliphatic rings. The zero-order chi connectivity index (χ0) is 14.8. The van der Waals surface area contributed by atoms with Crippen LogP contribution in [0.2, 0.25) is 0 Å². The summed E-state index contributed by atoms with van der Waals surface area (Å²) in [5.74, 6) is 1.04. The maximum atomic E-state index is 10.9. The van der Waals surface area contributed by atoms with Gasteiger partial charge in [0.1, 0.15) is 5.75 Å². The number of rotatable bonds is 3. The Bertz CT molecular complexity index is 633. The number of benzene rings is 2. The molecule has 0 aliphatic heterocycles. The first-order valence-electron chi connectivity index (χ1n) is 7.61. The van der Waals surface area contributed by atoms with Gasteiger partial charge in [-0.25, -0.2) is 0 Å². The van der Waals surface area contributed by atoms with Gasteiger partial charge in [0.05, 0.1) is 13.2 Å². The molecule has 110 valence electrons. The smallest absolute Gasteiger partial charge is 0.119 e. The number of aliphatic hydroxyl groups excluding tert-OH is 1. The minimum absolute atomic E-state index is 0.196. The Hall–Kier alpha value is -1.80. The Morgan fingerprint density at radius 3 is 2.76 bits per heavy atom. The second kappa shape index (κ2) is 5.90. The summed E-state index contributed by atoms with van der Waals surface area (Å²) in [6.45, 7) is 2.04. The molecule has 0 amide bonds. The first-order chi connectivity index (χ1) is 10.2. The normalized spacial score (nSPS) is 18.9. The number of hydrogen-bond donors (Lipinski definition) is 1. The number of methoxy groups -OCH3 is 1. The molecule has 0 saturated carbocycles. The number of hydrogen-bond acceptors (Lipinski definition) is 2. The SMILES string of the molecule is COc1ccc(C(O)C2CCCc3ccccc32)c(C)c1. The van der Waals surface area contributed by atoms with E-state index in [0.29, 0.717) is 0 Å². The van der Waals surface area contributed by atoms with Crippen LogP contribution in [-0.2, 0) is 6.42 Å². The van der Waals surface area contributed by atoms with Crippen molar-refractivity contribution in [3.63, 3.8) is 0 Å². The van der Waals surface area contributed by atoms with Crippen molar-refractivity contribution in [1.29, 1.82) is 0 Å². The molecule has 2 aromatic carbocycles. The van der Waals surface area contributed by atoms with Crippen molar-refractivity contribution in [3.8, 4) is 5.75 Å². The summed E-state index contributed by atoms with van der Waals surface area (Å²) in [4.78, 5) is 0. The van der Waals surface area contributed by atoms with Gasteiger partial charge in [0.15, 0.2) is 0 Å². The van der Waals surface area contributed by atoms with Crippen LogP contribution in [0.1, 0.15) is 47.1 Å². The monoisotopic (exact) mass is 282 g/mol. The van der Waals surface area contributed by atoms with E-state index in [-0.39, 0.29) is 5.92 Å². The fourth-order valence-electron chi connectivity index (χ4n) is 3.44. The van der Waals surface area contributed by atoms with Gasteiger partial charge in [0, 0.05) is 5.92 Å². The highest BCUT2D eigenvalue weighted by Crippen LogP contribution is 2.41. The predicted molar refractivity (Wildman–Crippen MR) is 84.8 cm³/mol. The minimum Gasteiger partial charge on any atom is -0.497 e. The van der Waals surface area contributed by atoms with Crippen molar-refractivity contribution in [1.82, 2.24) is 0 Å². The lowest BCUT2D eigenvalue weighted by molar-refractivity contribution is 0.135. The van der Waals surface area contributed by atoms with Gasteiger partial charge in [-0.1, -0.05) is 30.3 Å². The van der Waals surface area contributed by atoms with Crippen molar-refractivity contribution in [2.75, 3.05) is 7.11 Å². The summed E-state index contributed by atoms with van der Waals surface area (Å²) >= 11 is 0. The second-order valence-electron chi connectivity index (χ2n) is 5.86. The summed E-state index contributed by atoms with van der Waals surface area (Å²) in [6, 6.07) is 14.4. The standard InChI is InChI=1S/C19H22O2/c1-13-12-15(21-2)10-11-16(13)19(20)18-9-5-7-14-6-3-4-8-17(14)18/h3-4,6,8,10-12,18-20H,5,7,9H2,1-2H3. The zero-order valence-electron chi connectivity index (χ0n) is 12.7. The fourth-order valence-corrected chi connectivity index (χ4v) is 3.44. The van der Waals surface area contributed by atoms with E-state index >= 15 is 0 Å². The summed E-state index contributed by atoms with van der Waals surface area (Å²) in [5, 5.41) is 10.9. The lowest BCUT2D eigenvalue weighted by Crippen LogP contribution is -2.17. The Morgan fingerprint density at radius 2 is 2.00 bits per heavy atom. The molecule has 0 radical (unpaired) electrons. The van der Waals surface area contributed by atoms with E-state index in [2.05, 4.69) is 24.3 Å². The molecule has 0 saturated heterocycles. The third kappa shape index (κ3) is 2.68. The molecule has 1 aliphatic carbocycles. The van der Waals surface area contributed by atoms with Crippen LogP contribution < -0.4 is 4.74 Å². The summed E-state index contributed by atoms with van der Waals surface area (Å²) < 4.78 is 5.25. The topological polar surface area (TPSA) is 29.5 Å². The van der Waals surface area contributed by atoms with Gasteiger partial charge < -0.3 is 9.84 Å². The first-order valence-corrected chi connectivity index (χ1v) is 7.61. The number of fused-ring (bicyclic) bond motifs is 1. The number of aliphatic hydroxyl groups is 1. The third-order valence-corrected chi connectivity index (χ3v) is 4.59. The zero-order valence-corrected chi connectivity index (χ0v) is 12.7. The number of aryl methyl sites for hydroxylation is 2. The van der Waals surface area contributed by atoms with Gasteiger partial charge >= 0.3 is 0 Å². The van der Waals surface area contributed by atoms with Gasteiger partial charge in [0.25, 0.3) is 0 Å². The molecule has 0 heterocycles. The van der Waals surface area contributed by atoms with E-state index in [0.717, 1.165) is 36.1 Å². The maximum Gasteiger partial charge on any atom is 0.119 e. The van der Waals surface area contributed by atoms with E-state index in [1.807, 2.05) is 25.1 Å². The van der Waals surface area contributed by atoms with Crippen molar-refractivity contribution >= 4 is 0 Å². The summed E-state index contributed by atoms with van der Waals surface area (Å²) in [6.07, 6.45) is 2.87. The van der Waals surface area contributed by atoms with E-state index < -0.39 is 6.10 Å². The van der Waals surface area contributed by atoms with E-state index in [1.165, 1.54) is 11.1 Å². The van der Waals surface area contributed by atoms with Crippen molar-refractivity contribution in [2.45, 2.75) is 38.2 Å². The quantitative estimate of drug-likeness (QED) is 0.916. The summed E-state index contributed by atoms with van der Waals surface area (Å²) in [7, 11) is 1.67. The second-order valence-corrected chi connectivity index (χ2v) is 5.86. The minimum atomic E-state index is -0.447. The molecule has 0 fully saturated rings. The lowest BCUT2D eigenvalue weighted by atomic mass is 9.77. The van der Waals surface area contributed by atoms with E-state index in [9.17, 15) is 5.11 Å². The fraction of sp³-hybridized carbons (Fsp3) is 0.368. The molecular formula is C19H22O2. The van der Waals surface area contributed by atoms with Crippen LogP contribution in [0.15, 0.2) is 42.5 Å². The molecule has 2 heteroatoms. The van der Waals surface area contributed by atoms with Crippen LogP contribution in [0.25, 0.3) is 0 Å². The average Bonchev–Trinajstić information content (AvgIpc) is 2.53. The molecule has 2 aromatic rings. The molecule has 2 atom stereocenters. The Kier molecular flexibility index (Phi) is 3.98. The van der Waals surface area contributed by atoms with Gasteiger partial charge in [0.2, 0.25) is 0 Å². The van der Waals surface area contributed by atoms with Crippen LogP contribution in [0.5, 0.6) is 5.75 Å². The molecule has 3 rings (SSSR count). The largest absolute Gasteiger partial charge is 0.497 e. The van der Waals surface area contributed by atoms with Crippen LogP contribution in [-0.4, -0.2) is 12.2 Å². The number of ether oxygens (including phenoxy) is 1. The van der Waals surface area contributed by atoms with Gasteiger partial charge in [-0.05, 0) is 60.6 Å². The van der Waals surface area contributed by atoms with Gasteiger partial charge in [-0.2, -0.15) is 0 Å². The molecule has 1 N–H and O–H groups in total. The van der Waals surface area contributed by atoms with Crippen molar-refractivity contribution in [3.05, 3.63) is 64.7 Å². The van der Waals surface area contributed by atoms with E-state index in [1.54, 1.807) is 7.11 Å². The van der Waals surface area contributed by atoms with Crippen molar-refractivity contribution < 1.29 is 9.84 Å². The summed E-state index contributed by atoms with van der Waals surface area (Å²) in [5.41, 5.74) is 4.80. The Labute approximate surface area is 126 Å². The molecule has 0 aromatic heterocycles. The van der Waals surface area contributed by atoms with Crippen molar-refractivity contribution in [2.24, 2.45) is 0 Å². The lowest BCUT2D eigenvalue weighted by Gasteiger charge is -2.30. The van der Waals surface area contributed by atoms with Gasteiger partial charge in [-0.3, -0.25) is 0 Å². The van der Waals surface area contributed by atoms with Gasteiger partial charge in [-0.15, -0.1) is 0 Å². The molecular weight excluding hydrogens is 260 g/mol. The molecule has 2 unspecified atom stereocenters. The van der Waals surface area contributed by atoms with Crippen LogP contribution in [0.3, 0.4) is 0 Å². The van der Waals surface area contributed by atoms with Crippen LogP contribution >= 0.6 is 0 Å². The predicted octanol–water partition coefficient (Wildman–Crippen LogP) is 4.16. The Morgan fingerprint density at radius 1 is 1.19 bits per heavy atom. The molecule has 0 bridgehead atoms. The first kappa shape index (κ1) is 14.2. The third-order valence-electron chi connectivity index (χ3n) is 4.59. The highest BCUT2D eigenvalue weighted by molar-refractivity contribution is 5.40. The van der Waals surface area contributed by atoms with Crippen LogP contribution in [0.4, 0.5) is 0 Å². The maximum absolute atomic E-state index is 10.9. The highest BCUT2D eigenvalue weighted by atomic mass is 16.5. The Balaban J connectivity index is 1.94. The van der Waals surface area contributed by atoms with E-state index in [4.69, 9.17) is 4.74 Å². The molecule has 2 nitrogen and oxygen atoms in total.